The summed E-state index contributed by atoms with van der Waals surface area (Å²) in [6.07, 6.45) is 0. The van der Waals surface area contributed by atoms with Gasteiger partial charge in [-0.15, -0.1) is 0 Å². The Balaban J connectivity index is 1.06. The molecule has 4 heterocycles. The summed E-state index contributed by atoms with van der Waals surface area (Å²) in [5.41, 5.74) is 13.2. The maximum Gasteiger partial charge on any atom is 0.213 e. The van der Waals surface area contributed by atoms with E-state index >= 15 is 0 Å². The first kappa shape index (κ1) is 29.3. The number of rotatable bonds is 4. The highest BCUT2D eigenvalue weighted by atomic mass is 16.3. The Morgan fingerprint density at radius 3 is 1.50 bits per heavy atom. The molecule has 8 aromatic carbocycles. The predicted molar refractivity (Wildman–Crippen MR) is 225 cm³/mol. The molecule has 0 saturated heterocycles. The first-order chi connectivity index (χ1) is 26.8. The molecule has 0 saturated carbocycles. The minimum atomic E-state index is 0.863. The molecule has 0 bridgehead atoms. The molecule has 4 aromatic heterocycles. The zero-order chi connectivity index (χ0) is 35.3. The van der Waals surface area contributed by atoms with Gasteiger partial charge in [0.05, 0.1) is 33.0 Å². The van der Waals surface area contributed by atoms with Crippen LogP contribution in [0.1, 0.15) is 0 Å². The highest BCUT2D eigenvalue weighted by Crippen LogP contribution is 2.43. The lowest BCUT2D eigenvalue weighted by molar-refractivity contribution is 0.646. The van der Waals surface area contributed by atoms with E-state index in [1.165, 1.54) is 49.0 Å². The van der Waals surface area contributed by atoms with Crippen molar-refractivity contribution in [2.24, 2.45) is 0 Å². The third-order valence-corrected chi connectivity index (χ3v) is 11.2. The molecule has 0 N–H and O–H groups in total. The van der Waals surface area contributed by atoms with Crippen molar-refractivity contribution in [3.05, 3.63) is 188 Å². The summed E-state index contributed by atoms with van der Waals surface area (Å²) >= 11 is 0. The van der Waals surface area contributed by atoms with E-state index < -0.39 is 0 Å². The van der Waals surface area contributed by atoms with Gasteiger partial charge in [-0.1, -0.05) is 121 Å². The third kappa shape index (κ3) is 4.02. The second-order valence-electron chi connectivity index (χ2n) is 14.1. The van der Waals surface area contributed by atoms with Gasteiger partial charge in [0, 0.05) is 54.9 Å². The molecule has 54 heavy (non-hydrogen) atoms. The fourth-order valence-corrected chi connectivity index (χ4v) is 8.97. The molecule has 0 spiro atoms. The standard InChI is InChI=1S/C50H31N3O/c1-2-15-33(16-3-1)53-46-27-11-7-21-40(46)48-41-23-13-22-36(49(41)54-50(48)53)32-14-12-17-34(30-32)51-45-26-10-6-20-39(45)42-31-35(28-29-47(42)51)52-43-24-8-4-18-37(43)38-19-5-9-25-44(38)52/h1-31H. The minimum absolute atomic E-state index is 0.863. The van der Waals surface area contributed by atoms with Crippen LogP contribution in [0, 0.1) is 0 Å². The molecule has 252 valence electrons. The van der Waals surface area contributed by atoms with Gasteiger partial charge in [-0.2, -0.15) is 0 Å². The summed E-state index contributed by atoms with van der Waals surface area (Å²) in [5, 5.41) is 8.43. The Morgan fingerprint density at radius 2 is 0.815 bits per heavy atom. The van der Waals surface area contributed by atoms with Crippen LogP contribution in [0.2, 0.25) is 0 Å². The average Bonchev–Trinajstić information content (AvgIpc) is 3.97. The molecule has 0 aliphatic heterocycles. The van der Waals surface area contributed by atoms with E-state index in [4.69, 9.17) is 4.42 Å². The van der Waals surface area contributed by atoms with Gasteiger partial charge in [0.15, 0.2) is 0 Å². The van der Waals surface area contributed by atoms with E-state index in [-0.39, 0.29) is 0 Å². The summed E-state index contributed by atoms with van der Waals surface area (Å²) in [7, 11) is 0. The van der Waals surface area contributed by atoms with Crippen molar-refractivity contribution in [2.45, 2.75) is 0 Å². The minimum Gasteiger partial charge on any atom is -0.438 e. The van der Waals surface area contributed by atoms with Crippen LogP contribution in [0.4, 0.5) is 0 Å². The van der Waals surface area contributed by atoms with Gasteiger partial charge in [0.2, 0.25) is 5.71 Å². The molecule has 12 rings (SSSR count). The summed E-state index contributed by atoms with van der Waals surface area (Å²) in [5.74, 6) is 0. The fourth-order valence-electron chi connectivity index (χ4n) is 8.97. The number of fused-ring (bicyclic) bond motifs is 11. The van der Waals surface area contributed by atoms with Crippen LogP contribution < -0.4 is 0 Å². The summed E-state index contributed by atoms with van der Waals surface area (Å²) < 4.78 is 14.0. The van der Waals surface area contributed by atoms with Gasteiger partial charge in [0.25, 0.3) is 0 Å². The van der Waals surface area contributed by atoms with Crippen molar-refractivity contribution in [3.63, 3.8) is 0 Å². The van der Waals surface area contributed by atoms with Gasteiger partial charge in [-0.25, -0.2) is 0 Å². The van der Waals surface area contributed by atoms with Gasteiger partial charge in [0.1, 0.15) is 5.58 Å². The smallest absolute Gasteiger partial charge is 0.213 e. The van der Waals surface area contributed by atoms with Crippen molar-refractivity contribution >= 4 is 76.6 Å². The number of hydrogen-bond donors (Lipinski definition) is 0. The van der Waals surface area contributed by atoms with Gasteiger partial charge in [-0.3, -0.25) is 4.57 Å². The average molecular weight is 690 g/mol. The van der Waals surface area contributed by atoms with E-state index in [0.717, 1.165) is 55.8 Å². The Bertz CT molecular complexity index is 3390. The maximum absolute atomic E-state index is 6.94. The normalized spacial score (nSPS) is 12.1. The Hall–Kier alpha value is -7.30. The second-order valence-corrected chi connectivity index (χ2v) is 14.1. The van der Waals surface area contributed by atoms with Crippen molar-refractivity contribution in [2.75, 3.05) is 0 Å². The van der Waals surface area contributed by atoms with Crippen LogP contribution in [-0.4, -0.2) is 13.7 Å². The molecular formula is C50H31N3O. The number of hydrogen-bond acceptors (Lipinski definition) is 1. The van der Waals surface area contributed by atoms with Crippen molar-refractivity contribution < 1.29 is 4.42 Å². The molecule has 0 amide bonds. The largest absolute Gasteiger partial charge is 0.438 e. The van der Waals surface area contributed by atoms with Crippen LogP contribution >= 0.6 is 0 Å². The van der Waals surface area contributed by atoms with Gasteiger partial charge < -0.3 is 13.6 Å². The van der Waals surface area contributed by atoms with Gasteiger partial charge >= 0.3 is 0 Å². The van der Waals surface area contributed by atoms with Crippen LogP contribution in [-0.2, 0) is 0 Å². The lowest BCUT2D eigenvalue weighted by Gasteiger charge is -2.12. The number of para-hydroxylation sites is 6. The van der Waals surface area contributed by atoms with Crippen LogP contribution in [0.3, 0.4) is 0 Å². The zero-order valence-electron chi connectivity index (χ0n) is 29.1. The van der Waals surface area contributed by atoms with Gasteiger partial charge in [-0.05, 0) is 72.3 Å². The SMILES string of the molecule is c1ccc(-n2c3ccccc3c3c4cccc(-c5cccc(-n6c7ccccc7c7cc(-n8c9ccccc9c9ccccc98)ccc76)c5)c4oc32)cc1. The molecule has 4 nitrogen and oxygen atoms in total. The van der Waals surface area contributed by atoms with Crippen LogP contribution in [0.15, 0.2) is 192 Å². The maximum atomic E-state index is 6.94. The van der Waals surface area contributed by atoms with E-state index in [1.54, 1.807) is 0 Å². The van der Waals surface area contributed by atoms with E-state index in [2.05, 4.69) is 202 Å². The quantitative estimate of drug-likeness (QED) is 0.181. The van der Waals surface area contributed by atoms with Crippen molar-refractivity contribution in [1.29, 1.82) is 0 Å². The predicted octanol–water partition coefficient (Wildman–Crippen LogP) is 13.4. The first-order valence-electron chi connectivity index (χ1n) is 18.4. The number of furan rings is 1. The van der Waals surface area contributed by atoms with E-state index in [9.17, 15) is 0 Å². The zero-order valence-corrected chi connectivity index (χ0v) is 29.1. The topological polar surface area (TPSA) is 27.9 Å². The van der Waals surface area contributed by atoms with E-state index in [0.29, 0.717) is 0 Å². The summed E-state index contributed by atoms with van der Waals surface area (Å²) in [6.45, 7) is 0. The van der Waals surface area contributed by atoms with Crippen LogP contribution in [0.5, 0.6) is 0 Å². The third-order valence-electron chi connectivity index (χ3n) is 11.2. The van der Waals surface area contributed by atoms with E-state index in [1.807, 2.05) is 0 Å². The highest BCUT2D eigenvalue weighted by Gasteiger charge is 2.22. The monoisotopic (exact) mass is 689 g/mol. The Morgan fingerprint density at radius 1 is 0.315 bits per heavy atom. The fraction of sp³-hybridized carbons (Fsp3) is 0. The van der Waals surface area contributed by atoms with Crippen LogP contribution in [0.25, 0.3) is 105 Å². The molecule has 4 heteroatoms. The number of benzene rings is 8. The highest BCUT2D eigenvalue weighted by molar-refractivity contribution is 6.22. The summed E-state index contributed by atoms with van der Waals surface area (Å²) in [4.78, 5) is 0. The lowest BCUT2D eigenvalue weighted by Crippen LogP contribution is -1.96. The molecule has 12 aromatic rings. The summed E-state index contributed by atoms with van der Waals surface area (Å²) in [6, 6.07) is 67.6. The van der Waals surface area contributed by atoms with Crippen molar-refractivity contribution in [3.8, 4) is 28.2 Å². The van der Waals surface area contributed by atoms with Crippen molar-refractivity contribution in [1.82, 2.24) is 13.7 Å². The lowest BCUT2D eigenvalue weighted by atomic mass is 10.0. The molecular weight excluding hydrogens is 659 g/mol. The molecule has 0 fully saturated rings. The molecule has 0 radical (unpaired) electrons. The molecule has 0 aliphatic carbocycles. The molecule has 0 unspecified atom stereocenters. The number of nitrogens with zero attached hydrogens (tertiary/aromatic N) is 3. The molecule has 0 atom stereocenters. The first-order valence-corrected chi connectivity index (χ1v) is 18.4. The Kier molecular flexibility index (Phi) is 6.02. The Labute approximate surface area is 309 Å². The number of aromatic nitrogens is 3. The molecule has 0 aliphatic rings. The second kappa shape index (κ2) is 11.1.